The second kappa shape index (κ2) is 9.82. The minimum atomic E-state index is -3.66. The normalized spacial score (nSPS) is 11.0. The van der Waals surface area contributed by atoms with Crippen LogP contribution in [0.2, 0.25) is 0 Å². The largest absolute Gasteiger partial charge is 0.331 e. The highest BCUT2D eigenvalue weighted by atomic mass is 32.2. The lowest BCUT2D eigenvalue weighted by Crippen LogP contribution is -2.44. The molecule has 29 heavy (non-hydrogen) atoms. The van der Waals surface area contributed by atoms with E-state index in [1.54, 1.807) is 18.2 Å². The number of rotatable bonds is 6. The minimum absolute atomic E-state index is 0.0278. The van der Waals surface area contributed by atoms with Gasteiger partial charge in [0.25, 0.3) is 0 Å². The first-order valence-corrected chi connectivity index (χ1v) is 11.0. The van der Waals surface area contributed by atoms with E-state index in [2.05, 4.69) is 20.9 Å². The van der Waals surface area contributed by atoms with Gasteiger partial charge in [-0.2, -0.15) is 0 Å². The van der Waals surface area contributed by atoms with Crippen molar-refractivity contribution in [2.24, 2.45) is 0 Å². The molecule has 0 aliphatic rings. The molecule has 0 fully saturated rings. The second-order valence-electron chi connectivity index (χ2n) is 6.77. The van der Waals surface area contributed by atoms with Gasteiger partial charge in [-0.15, -0.1) is 0 Å². The topological polar surface area (TPSA) is 99.3 Å². The highest BCUT2D eigenvalue weighted by molar-refractivity contribution is 7.89. The van der Waals surface area contributed by atoms with Gasteiger partial charge in [0.2, 0.25) is 15.9 Å². The summed E-state index contributed by atoms with van der Waals surface area (Å²) in [6.07, 6.45) is -0.0385. The van der Waals surface area contributed by atoms with Gasteiger partial charge in [-0.3, -0.25) is 15.6 Å². The summed E-state index contributed by atoms with van der Waals surface area (Å²) in [6, 6.07) is 10.7. The summed E-state index contributed by atoms with van der Waals surface area (Å²) >= 11 is 5.17. The van der Waals surface area contributed by atoms with Gasteiger partial charge in [0, 0.05) is 18.7 Å². The van der Waals surface area contributed by atoms with Crippen LogP contribution >= 0.6 is 12.2 Å². The van der Waals surface area contributed by atoms with Crippen LogP contribution in [0.3, 0.4) is 0 Å². The molecule has 2 rings (SSSR count). The van der Waals surface area contributed by atoms with Crippen LogP contribution in [0.25, 0.3) is 0 Å². The fourth-order valence-electron chi connectivity index (χ4n) is 2.49. The predicted octanol–water partition coefficient (Wildman–Crippen LogP) is 2.61. The Morgan fingerprint density at radius 1 is 0.966 bits per heavy atom. The molecular weight excluding hydrogens is 408 g/mol. The first-order chi connectivity index (χ1) is 13.6. The van der Waals surface area contributed by atoms with Gasteiger partial charge in [0.05, 0.1) is 4.90 Å². The smallest absolute Gasteiger partial charge is 0.240 e. The Kier molecular flexibility index (Phi) is 7.72. The summed E-state index contributed by atoms with van der Waals surface area (Å²) in [6.45, 7) is 7.71. The lowest BCUT2D eigenvalue weighted by atomic mass is 10.1. The summed E-state index contributed by atoms with van der Waals surface area (Å²) < 4.78 is 27.1. The number of aryl methyl sites for hydroxylation is 3. The van der Waals surface area contributed by atoms with Crippen LogP contribution in [-0.2, 0) is 14.8 Å². The van der Waals surface area contributed by atoms with Crippen molar-refractivity contribution in [2.75, 3.05) is 11.9 Å². The maximum absolute atomic E-state index is 12.3. The van der Waals surface area contributed by atoms with Gasteiger partial charge in [-0.05, 0) is 80.4 Å². The summed E-state index contributed by atoms with van der Waals surface area (Å²) in [7, 11) is -3.66. The van der Waals surface area contributed by atoms with E-state index in [9.17, 15) is 13.2 Å². The number of thiocarbonyl (C=S) groups is 1. The number of hydrogen-bond acceptors (Lipinski definition) is 4. The van der Waals surface area contributed by atoms with Crippen LogP contribution in [0.1, 0.15) is 28.7 Å². The third-order valence-electron chi connectivity index (χ3n) is 4.60. The molecule has 0 aliphatic heterocycles. The Labute approximate surface area is 177 Å². The maximum Gasteiger partial charge on any atom is 0.240 e. The minimum Gasteiger partial charge on any atom is -0.331 e. The highest BCUT2D eigenvalue weighted by Crippen LogP contribution is 2.17. The standard InChI is InChI=1S/C20H26N4O3S2/c1-13-8-9-17(12-15(13)3)29(26,27)21-11-10-19(25)23-24-20(28)22-18-7-5-6-14(2)16(18)4/h5-9,12,21H,10-11H2,1-4H3,(H,23,25)(H2,22,24,28). The molecule has 0 atom stereocenters. The number of hydrazine groups is 1. The van der Waals surface area contributed by atoms with Crippen LogP contribution in [-0.4, -0.2) is 26.0 Å². The van der Waals surface area contributed by atoms with Gasteiger partial charge >= 0.3 is 0 Å². The molecule has 9 heteroatoms. The van der Waals surface area contributed by atoms with E-state index in [1.165, 1.54) is 0 Å². The van der Waals surface area contributed by atoms with Gasteiger partial charge in [0.15, 0.2) is 5.11 Å². The number of sulfonamides is 1. The third kappa shape index (κ3) is 6.52. The molecule has 0 unspecified atom stereocenters. The highest BCUT2D eigenvalue weighted by Gasteiger charge is 2.15. The number of carbonyl (C=O) groups is 1. The van der Waals surface area contributed by atoms with Gasteiger partial charge in [0.1, 0.15) is 0 Å². The van der Waals surface area contributed by atoms with Crippen LogP contribution in [0.5, 0.6) is 0 Å². The molecule has 1 amide bonds. The van der Waals surface area contributed by atoms with Crippen LogP contribution in [0.4, 0.5) is 5.69 Å². The molecular formula is C20H26N4O3S2. The number of anilines is 1. The number of nitrogens with one attached hydrogen (secondary N) is 4. The summed E-state index contributed by atoms with van der Waals surface area (Å²) in [5.74, 6) is -0.391. The van der Waals surface area contributed by atoms with E-state index >= 15 is 0 Å². The van der Waals surface area contributed by atoms with Crippen molar-refractivity contribution in [1.29, 1.82) is 0 Å². The van der Waals surface area contributed by atoms with E-state index in [-0.39, 0.29) is 23.0 Å². The Morgan fingerprint density at radius 3 is 2.38 bits per heavy atom. The molecule has 0 saturated carbocycles. The lowest BCUT2D eigenvalue weighted by molar-refractivity contribution is -0.121. The lowest BCUT2D eigenvalue weighted by Gasteiger charge is -2.14. The molecule has 4 N–H and O–H groups in total. The average molecular weight is 435 g/mol. The summed E-state index contributed by atoms with van der Waals surface area (Å²) in [5, 5.41) is 3.25. The van der Waals surface area contributed by atoms with E-state index < -0.39 is 15.9 Å². The molecule has 7 nitrogen and oxygen atoms in total. The maximum atomic E-state index is 12.3. The Balaban J connectivity index is 1.78. The van der Waals surface area contributed by atoms with Crippen molar-refractivity contribution >= 4 is 38.9 Å². The van der Waals surface area contributed by atoms with E-state index in [1.807, 2.05) is 45.9 Å². The summed E-state index contributed by atoms with van der Waals surface area (Å²) in [4.78, 5) is 12.1. The zero-order valence-electron chi connectivity index (χ0n) is 16.9. The first-order valence-electron chi connectivity index (χ1n) is 9.09. The monoisotopic (exact) mass is 434 g/mol. The molecule has 0 spiro atoms. The average Bonchev–Trinajstić information content (AvgIpc) is 2.66. The molecule has 0 bridgehead atoms. The molecule has 0 heterocycles. The molecule has 0 saturated heterocycles. The molecule has 0 radical (unpaired) electrons. The molecule has 2 aromatic carbocycles. The number of carbonyl (C=O) groups excluding carboxylic acids is 1. The van der Waals surface area contributed by atoms with Crippen molar-refractivity contribution in [1.82, 2.24) is 15.6 Å². The molecule has 156 valence electrons. The zero-order chi connectivity index (χ0) is 21.6. The van der Waals surface area contributed by atoms with E-state index in [0.29, 0.717) is 0 Å². The van der Waals surface area contributed by atoms with Crippen LogP contribution < -0.4 is 20.9 Å². The van der Waals surface area contributed by atoms with Crippen LogP contribution in [0, 0.1) is 27.7 Å². The Morgan fingerprint density at radius 2 is 1.69 bits per heavy atom. The molecule has 2 aromatic rings. The van der Waals surface area contributed by atoms with Crippen molar-refractivity contribution in [3.05, 3.63) is 58.7 Å². The predicted molar refractivity (Wildman–Crippen MR) is 119 cm³/mol. The number of benzene rings is 2. The van der Waals surface area contributed by atoms with E-state index in [0.717, 1.165) is 27.9 Å². The zero-order valence-corrected chi connectivity index (χ0v) is 18.6. The SMILES string of the molecule is Cc1ccc(S(=O)(=O)NCCC(=O)NNC(=S)Nc2cccc(C)c2C)cc1C. The van der Waals surface area contributed by atoms with Gasteiger partial charge in [-0.25, -0.2) is 13.1 Å². The Bertz CT molecular complexity index is 1020. The quantitative estimate of drug-likeness (QED) is 0.412. The Hall–Kier alpha value is -2.49. The van der Waals surface area contributed by atoms with Crippen LogP contribution in [0.15, 0.2) is 41.3 Å². The third-order valence-corrected chi connectivity index (χ3v) is 6.26. The number of amides is 1. The van der Waals surface area contributed by atoms with E-state index in [4.69, 9.17) is 12.2 Å². The molecule has 0 aromatic heterocycles. The van der Waals surface area contributed by atoms with Gasteiger partial charge < -0.3 is 5.32 Å². The van der Waals surface area contributed by atoms with Crippen molar-refractivity contribution < 1.29 is 13.2 Å². The molecule has 0 aliphatic carbocycles. The van der Waals surface area contributed by atoms with Crippen molar-refractivity contribution in [3.63, 3.8) is 0 Å². The number of hydrogen-bond donors (Lipinski definition) is 4. The fraction of sp³-hybridized carbons (Fsp3) is 0.300. The van der Waals surface area contributed by atoms with Crippen molar-refractivity contribution in [3.8, 4) is 0 Å². The van der Waals surface area contributed by atoms with Crippen molar-refractivity contribution in [2.45, 2.75) is 39.0 Å². The van der Waals surface area contributed by atoms with Gasteiger partial charge in [-0.1, -0.05) is 18.2 Å². The fourth-order valence-corrected chi connectivity index (χ4v) is 3.77. The second-order valence-corrected chi connectivity index (χ2v) is 8.94. The first kappa shape index (κ1) is 22.8. The summed E-state index contributed by atoms with van der Waals surface area (Å²) in [5.41, 5.74) is 10.00.